The molecule has 3 aromatic rings. The van der Waals surface area contributed by atoms with E-state index >= 15 is 0 Å². The first kappa shape index (κ1) is 21.8. The van der Waals surface area contributed by atoms with Crippen LogP contribution in [0.15, 0.2) is 58.4 Å². The second-order valence-corrected chi connectivity index (χ2v) is 11.5. The van der Waals surface area contributed by atoms with E-state index in [4.69, 9.17) is 9.47 Å². The highest BCUT2D eigenvalue weighted by molar-refractivity contribution is 8.00. The van der Waals surface area contributed by atoms with Crippen molar-refractivity contribution in [2.75, 3.05) is 19.0 Å². The molecular weight excluding hydrogens is 468 g/mol. The van der Waals surface area contributed by atoms with Gasteiger partial charge in [-0.2, -0.15) is 0 Å². The molecule has 0 unspecified atom stereocenters. The van der Waals surface area contributed by atoms with Crippen LogP contribution in [0.2, 0.25) is 0 Å². The van der Waals surface area contributed by atoms with Gasteiger partial charge in [0.1, 0.15) is 11.5 Å². The Morgan fingerprint density at radius 3 is 2.74 bits per heavy atom. The van der Waals surface area contributed by atoms with Gasteiger partial charge in [0, 0.05) is 27.3 Å². The first-order valence-corrected chi connectivity index (χ1v) is 13.4. The summed E-state index contributed by atoms with van der Waals surface area (Å²) in [6.07, 6.45) is 3.84. The quantitative estimate of drug-likeness (QED) is 0.498. The lowest BCUT2D eigenvalue weighted by atomic mass is 9.74. The summed E-state index contributed by atoms with van der Waals surface area (Å²) in [5.74, 6) is 3.27. The Morgan fingerprint density at radius 1 is 1.12 bits per heavy atom. The number of para-hydroxylation sites is 1. The summed E-state index contributed by atoms with van der Waals surface area (Å²) in [5, 5.41) is 4.44. The minimum absolute atomic E-state index is 0.00656. The minimum Gasteiger partial charge on any atom is -0.497 e. The predicted molar refractivity (Wildman–Crippen MR) is 134 cm³/mol. The average molecular weight is 495 g/mol. The van der Waals surface area contributed by atoms with Crippen molar-refractivity contribution < 1.29 is 14.3 Å². The van der Waals surface area contributed by atoms with Gasteiger partial charge in [-0.3, -0.25) is 9.59 Å². The van der Waals surface area contributed by atoms with Crippen LogP contribution in [-0.4, -0.2) is 29.9 Å². The van der Waals surface area contributed by atoms with Crippen LogP contribution in [0, 0.1) is 17.8 Å². The number of aromatic amines is 1. The zero-order valence-electron chi connectivity index (χ0n) is 18.8. The highest BCUT2D eigenvalue weighted by atomic mass is 32.2. The molecule has 2 saturated carbocycles. The monoisotopic (exact) mass is 494 g/mol. The molecule has 6 rings (SSSR count). The Balaban J connectivity index is 1.25. The molecule has 2 aliphatic carbocycles. The first-order chi connectivity index (χ1) is 16.6. The van der Waals surface area contributed by atoms with E-state index in [1.165, 1.54) is 30.6 Å². The molecule has 8 heteroatoms. The van der Waals surface area contributed by atoms with Crippen LogP contribution in [0.4, 0.5) is 5.69 Å². The third kappa shape index (κ3) is 3.82. The van der Waals surface area contributed by atoms with Crippen molar-refractivity contribution in [1.82, 2.24) is 4.98 Å². The maximum Gasteiger partial charge on any atom is 0.305 e. The molecular formula is C26H26N2O4S2. The topological polar surface area (TPSA) is 80.4 Å². The second kappa shape index (κ2) is 8.82. The zero-order chi connectivity index (χ0) is 23.2. The van der Waals surface area contributed by atoms with Gasteiger partial charge in [0.2, 0.25) is 0 Å². The fourth-order valence-electron chi connectivity index (χ4n) is 6.08. The molecule has 2 heterocycles. The number of hydrogen-bond donors (Lipinski definition) is 2. The first-order valence-electron chi connectivity index (χ1n) is 11.7. The number of amides is 1. The molecule has 2 bridgehead atoms. The maximum atomic E-state index is 12.6. The molecule has 6 nitrogen and oxygen atoms in total. The Bertz CT molecular complexity index is 1270. The maximum absolute atomic E-state index is 12.6. The summed E-state index contributed by atoms with van der Waals surface area (Å²) in [7, 11) is 1.61. The van der Waals surface area contributed by atoms with Gasteiger partial charge in [0.05, 0.1) is 12.1 Å². The number of hydrogen-bond acceptors (Lipinski definition) is 6. The van der Waals surface area contributed by atoms with Crippen molar-refractivity contribution in [1.29, 1.82) is 0 Å². The number of carbonyl (C=O) groups excluding carboxylic acids is 1. The lowest BCUT2D eigenvalue weighted by Gasteiger charge is -2.40. The van der Waals surface area contributed by atoms with Crippen LogP contribution in [-0.2, 0) is 4.79 Å². The summed E-state index contributed by atoms with van der Waals surface area (Å²) in [6.45, 7) is -0.0825. The van der Waals surface area contributed by atoms with E-state index in [-0.39, 0.29) is 23.3 Å². The number of nitrogens with one attached hydrogen (secondary N) is 2. The van der Waals surface area contributed by atoms with Crippen LogP contribution in [0.1, 0.15) is 35.6 Å². The lowest BCUT2D eigenvalue weighted by molar-refractivity contribution is -0.118. The summed E-state index contributed by atoms with van der Waals surface area (Å²) in [6, 6.07) is 15.2. The molecule has 176 valence electrons. The van der Waals surface area contributed by atoms with Crippen molar-refractivity contribution in [3.05, 3.63) is 68.6 Å². The molecule has 0 spiro atoms. The molecule has 1 amide bonds. The van der Waals surface area contributed by atoms with Gasteiger partial charge in [-0.15, -0.1) is 11.8 Å². The Labute approximate surface area is 206 Å². The summed E-state index contributed by atoms with van der Waals surface area (Å²) >= 11 is 3.21. The number of carbonyl (C=O) groups is 1. The molecule has 1 aliphatic heterocycles. The third-order valence-electron chi connectivity index (χ3n) is 7.45. The number of H-pyrrole nitrogens is 1. The van der Waals surface area contributed by atoms with Gasteiger partial charge in [-0.25, -0.2) is 0 Å². The summed E-state index contributed by atoms with van der Waals surface area (Å²) in [5.41, 5.74) is 1.78. The molecule has 34 heavy (non-hydrogen) atoms. The number of fused-ring (bicyclic) bond motifs is 6. The van der Waals surface area contributed by atoms with E-state index in [1.807, 2.05) is 30.0 Å². The van der Waals surface area contributed by atoms with Gasteiger partial charge in [0.25, 0.3) is 5.91 Å². The van der Waals surface area contributed by atoms with Gasteiger partial charge in [-0.1, -0.05) is 29.5 Å². The standard InChI is InChI=1S/C26H26N2O4S2/c1-31-17-10-8-16(9-11-17)27-20(29)13-32-19-5-3-2-4-18(19)22-21-14-6-7-15(12-14)23(21)33-25-24(22)34-26(30)28-25/h2-5,8-11,14-15,21-23H,6-7,12-13H2,1H3,(H,27,29)(H,28,30)/t14-,15-,21-,22+,23+/m1/s1. The molecule has 0 saturated heterocycles. The normalized spacial score (nSPS) is 26.6. The number of methoxy groups -OCH3 is 1. The van der Waals surface area contributed by atoms with Crippen molar-refractivity contribution in [3.8, 4) is 11.5 Å². The number of anilines is 1. The van der Waals surface area contributed by atoms with Gasteiger partial charge in [-0.05, 0) is 67.3 Å². The molecule has 3 aliphatic rings. The largest absolute Gasteiger partial charge is 0.497 e. The van der Waals surface area contributed by atoms with E-state index in [1.54, 1.807) is 31.4 Å². The highest BCUT2D eigenvalue weighted by Crippen LogP contribution is 2.64. The van der Waals surface area contributed by atoms with E-state index in [2.05, 4.69) is 16.4 Å². The Morgan fingerprint density at radius 2 is 1.91 bits per heavy atom. The van der Waals surface area contributed by atoms with Crippen LogP contribution < -0.4 is 19.7 Å². The van der Waals surface area contributed by atoms with Crippen LogP contribution >= 0.6 is 23.1 Å². The van der Waals surface area contributed by atoms with Crippen molar-refractivity contribution in [2.45, 2.75) is 35.5 Å². The summed E-state index contributed by atoms with van der Waals surface area (Å²) in [4.78, 5) is 29.1. The predicted octanol–water partition coefficient (Wildman–Crippen LogP) is 5.11. The number of thiazole rings is 1. The van der Waals surface area contributed by atoms with Crippen LogP contribution in [0.25, 0.3) is 0 Å². The van der Waals surface area contributed by atoms with E-state index in [9.17, 15) is 9.59 Å². The molecule has 2 N–H and O–H groups in total. The van der Waals surface area contributed by atoms with Crippen molar-refractivity contribution >= 4 is 34.7 Å². The number of thioether (sulfide) groups is 1. The molecule has 5 atom stereocenters. The SMILES string of the molecule is COc1ccc(NC(=O)COc2ccccc2[C@@H]2c3sc(=O)[nH]c3S[C@H]3[C@@H]4CC[C@H](C4)[C@H]23)cc1. The Hall–Kier alpha value is -2.71. The van der Waals surface area contributed by atoms with Gasteiger partial charge < -0.3 is 19.8 Å². The fourth-order valence-corrected chi connectivity index (χ4v) is 8.97. The van der Waals surface area contributed by atoms with Crippen LogP contribution in [0.5, 0.6) is 11.5 Å². The van der Waals surface area contributed by atoms with E-state index < -0.39 is 0 Å². The molecule has 0 radical (unpaired) electrons. The fraction of sp³-hybridized carbons (Fsp3) is 0.385. The van der Waals surface area contributed by atoms with Gasteiger partial charge >= 0.3 is 4.87 Å². The Kier molecular flexibility index (Phi) is 5.65. The minimum atomic E-state index is -0.219. The zero-order valence-corrected chi connectivity index (χ0v) is 20.4. The number of ether oxygens (including phenoxy) is 2. The van der Waals surface area contributed by atoms with Crippen LogP contribution in [0.3, 0.4) is 0 Å². The summed E-state index contributed by atoms with van der Waals surface area (Å²) < 4.78 is 11.3. The molecule has 1 aromatic heterocycles. The van der Waals surface area contributed by atoms with E-state index in [0.717, 1.165) is 32.9 Å². The smallest absolute Gasteiger partial charge is 0.305 e. The lowest BCUT2D eigenvalue weighted by Crippen LogP contribution is -2.34. The molecule has 2 aromatic carbocycles. The number of aromatic nitrogens is 1. The number of rotatable bonds is 6. The highest BCUT2D eigenvalue weighted by Gasteiger charge is 2.55. The van der Waals surface area contributed by atoms with Crippen molar-refractivity contribution in [2.24, 2.45) is 17.8 Å². The van der Waals surface area contributed by atoms with Gasteiger partial charge in [0.15, 0.2) is 6.61 Å². The molecule has 2 fully saturated rings. The third-order valence-corrected chi connectivity index (χ3v) is 10.1. The second-order valence-electron chi connectivity index (χ2n) is 9.28. The number of benzene rings is 2. The van der Waals surface area contributed by atoms with Crippen molar-refractivity contribution in [3.63, 3.8) is 0 Å². The van der Waals surface area contributed by atoms with E-state index in [0.29, 0.717) is 22.8 Å². The average Bonchev–Trinajstić information content (AvgIpc) is 3.56.